The molecule has 4 rings (SSSR count). The van der Waals surface area contributed by atoms with Crippen LogP contribution < -0.4 is 0 Å². The average molecular weight is 389 g/mol. The molecule has 0 aromatic heterocycles. The molecule has 0 amide bonds. The molecular weight excluding hydrogens is 352 g/mol. The zero-order valence-electron chi connectivity index (χ0n) is 17.7. The molecule has 0 aromatic rings. The van der Waals surface area contributed by atoms with Gasteiger partial charge in [0.05, 0.1) is 6.42 Å². The minimum Gasteiger partial charge on any atom is -0.481 e. The Bertz CT molecular complexity index is 711. The molecule has 156 valence electrons. The zero-order valence-corrected chi connectivity index (χ0v) is 17.7. The summed E-state index contributed by atoms with van der Waals surface area (Å²) in [6.07, 6.45) is 10.5. The van der Waals surface area contributed by atoms with Crippen molar-refractivity contribution < 1.29 is 19.8 Å². The second-order valence-electron chi connectivity index (χ2n) is 11.1. The topological polar surface area (TPSA) is 74.6 Å². The Morgan fingerprint density at radius 3 is 2.50 bits per heavy atom. The number of fused-ring (bicyclic) bond motifs is 5. The second-order valence-corrected chi connectivity index (χ2v) is 11.1. The van der Waals surface area contributed by atoms with Crippen molar-refractivity contribution in [2.24, 2.45) is 39.9 Å². The van der Waals surface area contributed by atoms with Crippen LogP contribution in [-0.2, 0) is 9.59 Å². The fraction of sp³-hybridized carbons (Fsp3) is 0.833. The van der Waals surface area contributed by atoms with Crippen molar-refractivity contribution in [1.82, 2.24) is 0 Å². The van der Waals surface area contributed by atoms with E-state index in [1.165, 1.54) is 12.8 Å². The molecule has 28 heavy (non-hydrogen) atoms. The summed E-state index contributed by atoms with van der Waals surface area (Å²) in [4.78, 5) is 23.9. The van der Waals surface area contributed by atoms with Crippen molar-refractivity contribution in [2.45, 2.75) is 78.6 Å². The van der Waals surface area contributed by atoms with Crippen LogP contribution in [0.3, 0.4) is 0 Å². The van der Waals surface area contributed by atoms with Gasteiger partial charge in [0.25, 0.3) is 0 Å². The van der Waals surface area contributed by atoms with Gasteiger partial charge in [-0.1, -0.05) is 33.3 Å². The number of aliphatic hydroxyl groups is 1. The number of aliphatic hydroxyl groups excluding tert-OH is 1. The van der Waals surface area contributed by atoms with Crippen LogP contribution in [0.5, 0.6) is 0 Å². The number of ketones is 1. The number of aliphatic carboxylic acids is 1. The van der Waals surface area contributed by atoms with Crippen molar-refractivity contribution in [2.75, 3.05) is 6.61 Å². The second kappa shape index (κ2) is 6.68. The lowest BCUT2D eigenvalue weighted by Crippen LogP contribution is -2.60. The van der Waals surface area contributed by atoms with E-state index in [1.54, 1.807) is 0 Å². The van der Waals surface area contributed by atoms with E-state index in [2.05, 4.69) is 20.8 Å². The molecule has 0 aliphatic heterocycles. The Morgan fingerprint density at radius 1 is 1.07 bits per heavy atom. The van der Waals surface area contributed by atoms with Crippen LogP contribution in [0, 0.1) is 39.9 Å². The number of rotatable bonds is 3. The molecule has 4 aliphatic rings. The van der Waals surface area contributed by atoms with Crippen LogP contribution >= 0.6 is 0 Å². The first-order valence-electron chi connectivity index (χ1n) is 11.2. The van der Waals surface area contributed by atoms with Gasteiger partial charge in [0.1, 0.15) is 0 Å². The Balaban J connectivity index is 1.66. The molecule has 0 heterocycles. The van der Waals surface area contributed by atoms with Crippen LogP contribution in [0.1, 0.15) is 78.6 Å². The SMILES string of the molecule is C[C@]1(CO)CCC[C@]2(C)[C@H]3CC[C@@H]4C=C(CC(=O)O)C(=O)C[C@H]4[C@]3(C)CC[C@@H]12. The van der Waals surface area contributed by atoms with Gasteiger partial charge in [0.15, 0.2) is 5.78 Å². The number of allylic oxidation sites excluding steroid dienone is 1. The highest BCUT2D eigenvalue weighted by Crippen LogP contribution is 2.70. The van der Waals surface area contributed by atoms with E-state index >= 15 is 0 Å². The van der Waals surface area contributed by atoms with Gasteiger partial charge in [0, 0.05) is 18.6 Å². The fourth-order valence-corrected chi connectivity index (χ4v) is 8.42. The van der Waals surface area contributed by atoms with Crippen molar-refractivity contribution in [3.63, 3.8) is 0 Å². The molecular formula is C24H36O4. The lowest BCUT2D eigenvalue weighted by molar-refractivity contribution is -0.183. The van der Waals surface area contributed by atoms with Gasteiger partial charge in [0.2, 0.25) is 0 Å². The van der Waals surface area contributed by atoms with E-state index in [0.29, 0.717) is 35.7 Å². The Hall–Kier alpha value is -1.16. The summed E-state index contributed by atoms with van der Waals surface area (Å²) in [5.41, 5.74) is 0.938. The molecule has 2 N–H and O–H groups in total. The summed E-state index contributed by atoms with van der Waals surface area (Å²) < 4.78 is 0. The van der Waals surface area contributed by atoms with Gasteiger partial charge in [-0.15, -0.1) is 0 Å². The van der Waals surface area contributed by atoms with Crippen LogP contribution in [0.25, 0.3) is 0 Å². The Labute approximate surface area is 168 Å². The molecule has 0 saturated heterocycles. The maximum atomic E-state index is 12.7. The number of carbonyl (C=O) groups is 2. The lowest BCUT2D eigenvalue weighted by Gasteiger charge is -2.67. The Morgan fingerprint density at radius 2 is 1.82 bits per heavy atom. The molecule has 3 fully saturated rings. The monoisotopic (exact) mass is 388 g/mol. The molecule has 7 atom stereocenters. The van der Waals surface area contributed by atoms with E-state index in [1.807, 2.05) is 6.08 Å². The van der Waals surface area contributed by atoms with Crippen molar-refractivity contribution in [3.05, 3.63) is 11.6 Å². The molecule has 4 nitrogen and oxygen atoms in total. The van der Waals surface area contributed by atoms with Crippen LogP contribution in [0.4, 0.5) is 0 Å². The predicted octanol–water partition coefficient (Wildman–Crippen LogP) is 4.61. The van der Waals surface area contributed by atoms with Crippen molar-refractivity contribution >= 4 is 11.8 Å². The van der Waals surface area contributed by atoms with Crippen molar-refractivity contribution in [1.29, 1.82) is 0 Å². The van der Waals surface area contributed by atoms with Gasteiger partial charge in [-0.2, -0.15) is 0 Å². The summed E-state index contributed by atoms with van der Waals surface area (Å²) in [6, 6.07) is 0. The molecule has 4 aliphatic carbocycles. The highest BCUT2D eigenvalue weighted by molar-refractivity contribution is 5.99. The summed E-state index contributed by atoms with van der Waals surface area (Å²) in [5.74, 6) is 0.995. The third-order valence-electron chi connectivity index (χ3n) is 9.70. The number of Topliss-reactive ketones (excluding diaryl/α,β-unsaturated/α-hetero) is 1. The predicted molar refractivity (Wildman–Crippen MR) is 108 cm³/mol. The highest BCUT2D eigenvalue weighted by Gasteiger charge is 2.63. The van der Waals surface area contributed by atoms with Gasteiger partial charge in [-0.25, -0.2) is 0 Å². The lowest BCUT2D eigenvalue weighted by atomic mass is 9.38. The molecule has 0 unspecified atom stereocenters. The Kier molecular flexibility index (Phi) is 4.80. The van der Waals surface area contributed by atoms with Gasteiger partial charge >= 0.3 is 5.97 Å². The fourth-order valence-electron chi connectivity index (χ4n) is 8.42. The van der Waals surface area contributed by atoms with Crippen LogP contribution in [0.2, 0.25) is 0 Å². The largest absolute Gasteiger partial charge is 0.481 e. The molecule has 0 spiro atoms. The first kappa shape index (κ1) is 20.1. The smallest absolute Gasteiger partial charge is 0.307 e. The molecule has 0 radical (unpaired) electrons. The number of carboxylic acids is 1. The van der Waals surface area contributed by atoms with Gasteiger partial charge < -0.3 is 10.2 Å². The third-order valence-corrected chi connectivity index (χ3v) is 9.70. The number of hydrogen-bond acceptors (Lipinski definition) is 3. The standard InChI is InChI=1S/C24H36O4/c1-22(14-25)8-4-9-24(3)19(22)7-10-23(2)17-13-18(26)16(12-21(27)28)11-15(17)5-6-20(23)24/h11,15,17,19-20,25H,4-10,12-14H2,1-3H3,(H,27,28)/t15-,17-,19+,20+,22-,23+,24+/m1/s1. The van der Waals surface area contributed by atoms with Gasteiger partial charge in [-0.3, -0.25) is 9.59 Å². The summed E-state index contributed by atoms with van der Waals surface area (Å²) in [7, 11) is 0. The van der Waals surface area contributed by atoms with Gasteiger partial charge in [-0.05, 0) is 78.4 Å². The maximum Gasteiger partial charge on any atom is 0.307 e. The highest BCUT2D eigenvalue weighted by atomic mass is 16.4. The van der Waals surface area contributed by atoms with E-state index < -0.39 is 5.97 Å². The van der Waals surface area contributed by atoms with Crippen LogP contribution in [-0.4, -0.2) is 28.6 Å². The van der Waals surface area contributed by atoms with E-state index in [9.17, 15) is 14.7 Å². The van der Waals surface area contributed by atoms with Crippen molar-refractivity contribution in [3.8, 4) is 0 Å². The minimum atomic E-state index is -0.906. The normalized spacial score (nSPS) is 48.1. The van der Waals surface area contributed by atoms with E-state index in [-0.39, 0.29) is 35.1 Å². The first-order valence-corrected chi connectivity index (χ1v) is 11.2. The molecule has 0 bridgehead atoms. The number of hydrogen-bond donors (Lipinski definition) is 2. The molecule has 0 aromatic carbocycles. The van der Waals surface area contributed by atoms with E-state index in [4.69, 9.17) is 5.11 Å². The quantitative estimate of drug-likeness (QED) is 0.740. The third kappa shape index (κ3) is 2.81. The average Bonchev–Trinajstić information content (AvgIpc) is 2.62. The molecule has 4 heteroatoms. The zero-order chi connectivity index (χ0) is 20.3. The van der Waals surface area contributed by atoms with E-state index in [0.717, 1.165) is 32.1 Å². The number of carbonyl (C=O) groups excluding carboxylic acids is 1. The number of carboxylic acid groups (broad SMARTS) is 1. The minimum absolute atomic E-state index is 0.0299. The summed E-state index contributed by atoms with van der Waals surface area (Å²) in [6.45, 7) is 7.46. The maximum absolute atomic E-state index is 12.7. The first-order chi connectivity index (χ1) is 13.1. The summed E-state index contributed by atoms with van der Waals surface area (Å²) in [5, 5.41) is 19.3. The summed E-state index contributed by atoms with van der Waals surface area (Å²) >= 11 is 0. The molecule has 3 saturated carbocycles. The van der Waals surface area contributed by atoms with Crippen LogP contribution in [0.15, 0.2) is 11.6 Å².